The van der Waals surface area contributed by atoms with E-state index in [1.807, 2.05) is 6.07 Å². The minimum absolute atomic E-state index is 0.0945. The van der Waals surface area contributed by atoms with E-state index >= 15 is 0 Å². The molecular formula is C23H35N5OS. The van der Waals surface area contributed by atoms with Crippen LogP contribution < -0.4 is 10.6 Å². The van der Waals surface area contributed by atoms with Gasteiger partial charge in [0.05, 0.1) is 26.5 Å². The molecule has 0 saturated carbocycles. The van der Waals surface area contributed by atoms with Gasteiger partial charge in [-0.3, -0.25) is 5.10 Å². The molecule has 0 atom stereocenters. The third-order valence-electron chi connectivity index (χ3n) is 4.87. The number of nitrogens with zero attached hydrogens (tertiary/aromatic N) is 2. The third kappa shape index (κ3) is 5.73. The molecule has 164 valence electrons. The van der Waals surface area contributed by atoms with Crippen LogP contribution in [0.25, 0.3) is 20.8 Å². The van der Waals surface area contributed by atoms with E-state index in [4.69, 9.17) is 4.98 Å². The van der Waals surface area contributed by atoms with Gasteiger partial charge in [-0.1, -0.05) is 34.6 Å². The van der Waals surface area contributed by atoms with Crippen molar-refractivity contribution in [2.75, 3.05) is 23.8 Å². The molecule has 30 heavy (non-hydrogen) atoms. The van der Waals surface area contributed by atoms with Gasteiger partial charge in [0.1, 0.15) is 5.82 Å². The number of rotatable bonds is 8. The van der Waals surface area contributed by atoms with Crippen LogP contribution in [-0.4, -0.2) is 39.0 Å². The molecule has 0 aliphatic carbocycles. The fraction of sp³-hybridized carbons (Fsp3) is 0.565. The lowest BCUT2D eigenvalue weighted by atomic mass is 9.82. The molecule has 3 aromatic rings. The van der Waals surface area contributed by atoms with Crippen LogP contribution in [0, 0.1) is 10.8 Å². The average Bonchev–Trinajstić information content (AvgIpc) is 3.26. The minimum Gasteiger partial charge on any atom is -0.396 e. The summed E-state index contributed by atoms with van der Waals surface area (Å²) in [6.07, 6.45) is 2.78. The first-order chi connectivity index (χ1) is 13.9. The Kier molecular flexibility index (Phi) is 6.16. The van der Waals surface area contributed by atoms with Crippen molar-refractivity contribution >= 4 is 33.1 Å². The van der Waals surface area contributed by atoms with Crippen molar-refractivity contribution in [3.8, 4) is 10.6 Å². The molecule has 0 bridgehead atoms. The minimum atomic E-state index is -0.210. The van der Waals surface area contributed by atoms with E-state index in [9.17, 15) is 5.11 Å². The number of nitrogens with one attached hydrogen (secondary N) is 3. The van der Waals surface area contributed by atoms with E-state index in [1.165, 1.54) is 0 Å². The van der Waals surface area contributed by atoms with Gasteiger partial charge in [-0.2, -0.15) is 5.10 Å². The second-order valence-electron chi connectivity index (χ2n) is 10.8. The van der Waals surface area contributed by atoms with Gasteiger partial charge in [0.2, 0.25) is 0 Å². The Labute approximate surface area is 183 Å². The predicted molar refractivity (Wildman–Crippen MR) is 128 cm³/mol. The number of pyridine rings is 1. The monoisotopic (exact) mass is 429 g/mol. The van der Waals surface area contributed by atoms with Crippen molar-refractivity contribution in [1.29, 1.82) is 0 Å². The Hall–Kier alpha value is -2.12. The number of H-pyrrole nitrogens is 1. The normalized spacial score (nSPS) is 13.1. The van der Waals surface area contributed by atoms with Crippen molar-refractivity contribution in [2.24, 2.45) is 10.8 Å². The molecular weight excluding hydrogens is 394 g/mol. The second-order valence-corrected chi connectivity index (χ2v) is 11.8. The molecule has 6 nitrogen and oxygen atoms in total. The first-order valence-corrected chi connectivity index (χ1v) is 11.3. The zero-order valence-electron chi connectivity index (χ0n) is 19.2. The van der Waals surface area contributed by atoms with Gasteiger partial charge in [-0.25, -0.2) is 4.98 Å². The molecule has 0 aliphatic rings. The molecule has 3 aromatic heterocycles. The maximum atomic E-state index is 9.66. The molecule has 0 fully saturated rings. The molecule has 0 saturated heterocycles. The Bertz CT molecular complexity index is 983. The summed E-state index contributed by atoms with van der Waals surface area (Å²) in [6.45, 7) is 16.1. The highest BCUT2D eigenvalue weighted by atomic mass is 32.1. The summed E-state index contributed by atoms with van der Waals surface area (Å²) < 4.78 is 1.10. The lowest BCUT2D eigenvalue weighted by molar-refractivity contribution is 0.171. The number of aromatic amines is 1. The van der Waals surface area contributed by atoms with Crippen LogP contribution in [0.4, 0.5) is 11.5 Å². The summed E-state index contributed by atoms with van der Waals surface area (Å²) in [6, 6.07) is 6.17. The van der Waals surface area contributed by atoms with E-state index in [0.29, 0.717) is 6.54 Å². The van der Waals surface area contributed by atoms with Gasteiger partial charge in [0, 0.05) is 36.4 Å². The van der Waals surface area contributed by atoms with Gasteiger partial charge < -0.3 is 15.7 Å². The van der Waals surface area contributed by atoms with Gasteiger partial charge in [0.25, 0.3) is 0 Å². The Balaban J connectivity index is 1.99. The lowest BCUT2D eigenvalue weighted by Gasteiger charge is -2.34. The van der Waals surface area contributed by atoms with Crippen molar-refractivity contribution in [3.63, 3.8) is 0 Å². The molecule has 0 amide bonds. The van der Waals surface area contributed by atoms with Crippen LogP contribution in [0.15, 0.2) is 24.4 Å². The number of fused-ring (bicyclic) bond motifs is 1. The van der Waals surface area contributed by atoms with Crippen LogP contribution >= 0.6 is 11.3 Å². The fourth-order valence-corrected chi connectivity index (χ4v) is 4.91. The summed E-state index contributed by atoms with van der Waals surface area (Å²) >= 11 is 1.69. The summed E-state index contributed by atoms with van der Waals surface area (Å²) in [5.41, 5.74) is 2.88. The number of hydrogen-bond acceptors (Lipinski definition) is 6. The third-order valence-corrected chi connectivity index (χ3v) is 6.06. The van der Waals surface area contributed by atoms with Crippen molar-refractivity contribution < 1.29 is 5.11 Å². The molecule has 0 aromatic carbocycles. The SMILES string of the molecule is CC(C)(C)CC(C)(C)Nc1cc(NCC(C)(C)CO)c2sc(-c3ccn[nH]3)cc2n1. The highest BCUT2D eigenvalue weighted by Gasteiger charge is 2.26. The van der Waals surface area contributed by atoms with E-state index < -0.39 is 0 Å². The first kappa shape index (κ1) is 22.6. The van der Waals surface area contributed by atoms with Crippen LogP contribution in [-0.2, 0) is 0 Å². The number of aliphatic hydroxyl groups excluding tert-OH is 1. The summed E-state index contributed by atoms with van der Waals surface area (Å²) in [7, 11) is 0. The zero-order valence-corrected chi connectivity index (χ0v) is 20.0. The maximum absolute atomic E-state index is 9.66. The number of thiophene rings is 1. The fourth-order valence-electron chi connectivity index (χ4n) is 3.85. The van der Waals surface area contributed by atoms with Crippen LogP contribution in [0.5, 0.6) is 0 Å². The summed E-state index contributed by atoms with van der Waals surface area (Å²) in [5.74, 6) is 0.856. The highest BCUT2D eigenvalue weighted by Crippen LogP contribution is 2.38. The predicted octanol–water partition coefficient (Wildman–Crippen LogP) is 5.74. The molecule has 0 spiro atoms. The van der Waals surface area contributed by atoms with Crippen LogP contribution in [0.2, 0.25) is 0 Å². The smallest absolute Gasteiger partial charge is 0.129 e. The zero-order chi connectivity index (χ0) is 22.2. The molecule has 3 heterocycles. The Morgan fingerprint density at radius 2 is 1.83 bits per heavy atom. The molecule has 4 N–H and O–H groups in total. The molecule has 3 rings (SSSR count). The van der Waals surface area contributed by atoms with Crippen LogP contribution in [0.1, 0.15) is 54.9 Å². The van der Waals surface area contributed by atoms with Crippen LogP contribution in [0.3, 0.4) is 0 Å². The largest absolute Gasteiger partial charge is 0.396 e. The lowest BCUT2D eigenvalue weighted by Crippen LogP contribution is -2.35. The highest BCUT2D eigenvalue weighted by molar-refractivity contribution is 7.22. The van der Waals surface area contributed by atoms with Gasteiger partial charge >= 0.3 is 0 Å². The topological polar surface area (TPSA) is 85.9 Å². The number of anilines is 2. The number of aliphatic hydroxyl groups is 1. The van der Waals surface area contributed by atoms with E-state index in [-0.39, 0.29) is 23.0 Å². The molecule has 0 unspecified atom stereocenters. The van der Waals surface area contributed by atoms with E-state index in [0.717, 1.165) is 38.7 Å². The molecule has 0 radical (unpaired) electrons. The molecule has 7 heteroatoms. The van der Waals surface area contributed by atoms with Gasteiger partial charge in [-0.05, 0) is 37.8 Å². The second kappa shape index (κ2) is 8.19. The van der Waals surface area contributed by atoms with Crippen molar-refractivity contribution in [1.82, 2.24) is 15.2 Å². The summed E-state index contributed by atoms with van der Waals surface area (Å²) in [5, 5.41) is 24.0. The standard InChI is InChI=1S/C23H35N5OS/c1-21(2,3)12-23(6,7)27-19-11-16(24-13-22(4,5)14-29)20-17(26-19)10-18(30-20)15-8-9-25-28-15/h8-11,29H,12-14H2,1-7H3,(H,25,28)(H2,24,26,27). The Morgan fingerprint density at radius 3 is 2.43 bits per heavy atom. The summed E-state index contributed by atoms with van der Waals surface area (Å²) in [4.78, 5) is 6.02. The maximum Gasteiger partial charge on any atom is 0.129 e. The number of hydrogen-bond donors (Lipinski definition) is 4. The van der Waals surface area contributed by atoms with Gasteiger partial charge in [0.15, 0.2) is 0 Å². The Morgan fingerprint density at radius 1 is 1.10 bits per heavy atom. The molecule has 0 aliphatic heterocycles. The first-order valence-electron chi connectivity index (χ1n) is 10.4. The number of aromatic nitrogens is 3. The van der Waals surface area contributed by atoms with Crippen molar-refractivity contribution in [2.45, 2.75) is 60.4 Å². The van der Waals surface area contributed by atoms with E-state index in [1.54, 1.807) is 17.5 Å². The van der Waals surface area contributed by atoms with E-state index in [2.05, 4.69) is 81.4 Å². The van der Waals surface area contributed by atoms with Crippen molar-refractivity contribution in [3.05, 3.63) is 24.4 Å². The quantitative estimate of drug-likeness (QED) is 0.367. The van der Waals surface area contributed by atoms with Gasteiger partial charge in [-0.15, -0.1) is 11.3 Å². The average molecular weight is 430 g/mol.